The topological polar surface area (TPSA) is 83.8 Å². The summed E-state index contributed by atoms with van der Waals surface area (Å²) in [5.74, 6) is -0.0936. The largest absolute Gasteiger partial charge is 0.346 e. The molecule has 5 heteroatoms. The third-order valence-electron chi connectivity index (χ3n) is 2.65. The minimum absolute atomic E-state index is 0.0936. The Morgan fingerprint density at radius 3 is 2.67 bits per heavy atom. The maximum absolute atomic E-state index is 11.8. The zero-order valence-corrected chi connectivity index (χ0v) is 10.0. The first-order valence-electron chi connectivity index (χ1n) is 5.85. The molecule has 18 heavy (non-hydrogen) atoms. The number of hydrogen-bond acceptors (Lipinski definition) is 3. The summed E-state index contributed by atoms with van der Waals surface area (Å²) in [5.41, 5.74) is 8.14. The van der Waals surface area contributed by atoms with Gasteiger partial charge in [-0.1, -0.05) is 12.1 Å². The van der Waals surface area contributed by atoms with E-state index < -0.39 is 0 Å². The van der Waals surface area contributed by atoms with Gasteiger partial charge in [0, 0.05) is 11.8 Å². The normalized spacial score (nSPS) is 10.3. The van der Waals surface area contributed by atoms with Gasteiger partial charge in [-0.25, -0.2) is 0 Å². The van der Waals surface area contributed by atoms with E-state index >= 15 is 0 Å². The molecule has 0 spiro atoms. The van der Waals surface area contributed by atoms with E-state index in [9.17, 15) is 4.79 Å². The van der Waals surface area contributed by atoms with Gasteiger partial charge in [-0.05, 0) is 36.7 Å². The maximum atomic E-state index is 11.8. The Morgan fingerprint density at radius 1 is 1.28 bits per heavy atom. The van der Waals surface area contributed by atoms with Crippen LogP contribution in [-0.4, -0.2) is 22.6 Å². The van der Waals surface area contributed by atoms with E-state index in [2.05, 4.69) is 15.5 Å². The highest BCUT2D eigenvalue weighted by Crippen LogP contribution is 2.05. The van der Waals surface area contributed by atoms with E-state index in [0.717, 1.165) is 17.7 Å². The number of aromatic nitrogens is 2. The molecule has 0 aliphatic rings. The monoisotopic (exact) mass is 244 g/mol. The molecule has 4 N–H and O–H groups in total. The third kappa shape index (κ3) is 3.18. The Kier molecular flexibility index (Phi) is 4.09. The highest BCUT2D eigenvalue weighted by Gasteiger charge is 2.05. The lowest BCUT2D eigenvalue weighted by atomic mass is 10.1. The molecule has 0 saturated carbocycles. The number of rotatable bonds is 5. The third-order valence-corrected chi connectivity index (χ3v) is 2.65. The van der Waals surface area contributed by atoms with Crippen molar-refractivity contribution in [1.29, 1.82) is 0 Å². The van der Waals surface area contributed by atoms with Gasteiger partial charge in [-0.15, -0.1) is 0 Å². The Labute approximate surface area is 105 Å². The SMILES string of the molecule is NCCc1ccc(C(=O)NCc2ccn[nH]2)cc1. The average Bonchev–Trinajstić information content (AvgIpc) is 2.90. The molecule has 0 unspecified atom stereocenters. The van der Waals surface area contributed by atoms with Gasteiger partial charge in [0.25, 0.3) is 5.91 Å². The second-order valence-corrected chi connectivity index (χ2v) is 4.00. The van der Waals surface area contributed by atoms with Gasteiger partial charge < -0.3 is 11.1 Å². The Bertz CT molecular complexity index is 490. The lowest BCUT2D eigenvalue weighted by Crippen LogP contribution is -2.22. The summed E-state index contributed by atoms with van der Waals surface area (Å²) in [4.78, 5) is 11.8. The van der Waals surface area contributed by atoms with E-state index in [1.165, 1.54) is 0 Å². The first kappa shape index (κ1) is 12.3. The van der Waals surface area contributed by atoms with Gasteiger partial charge in [0.1, 0.15) is 0 Å². The molecule has 0 aliphatic heterocycles. The van der Waals surface area contributed by atoms with Crippen molar-refractivity contribution in [3.05, 3.63) is 53.3 Å². The van der Waals surface area contributed by atoms with Crippen molar-refractivity contribution >= 4 is 5.91 Å². The van der Waals surface area contributed by atoms with Crippen LogP contribution in [0.5, 0.6) is 0 Å². The molecule has 0 radical (unpaired) electrons. The van der Waals surface area contributed by atoms with Crippen LogP contribution in [-0.2, 0) is 13.0 Å². The molecule has 2 rings (SSSR count). The summed E-state index contributed by atoms with van der Waals surface area (Å²) < 4.78 is 0. The second-order valence-electron chi connectivity index (χ2n) is 4.00. The van der Waals surface area contributed by atoms with E-state index in [4.69, 9.17) is 5.73 Å². The van der Waals surface area contributed by atoms with Crippen molar-refractivity contribution in [2.24, 2.45) is 5.73 Å². The van der Waals surface area contributed by atoms with Crippen molar-refractivity contribution in [2.75, 3.05) is 6.54 Å². The number of nitrogens with one attached hydrogen (secondary N) is 2. The summed E-state index contributed by atoms with van der Waals surface area (Å²) >= 11 is 0. The van der Waals surface area contributed by atoms with Gasteiger partial charge >= 0.3 is 0 Å². The Morgan fingerprint density at radius 2 is 2.06 bits per heavy atom. The molecular weight excluding hydrogens is 228 g/mol. The summed E-state index contributed by atoms with van der Waals surface area (Å²) in [5, 5.41) is 9.43. The van der Waals surface area contributed by atoms with Crippen LogP contribution in [0.1, 0.15) is 21.6 Å². The molecule has 0 atom stereocenters. The van der Waals surface area contributed by atoms with Crippen LogP contribution in [0.4, 0.5) is 0 Å². The predicted octanol–water partition coefficient (Wildman–Crippen LogP) is 0.841. The van der Waals surface area contributed by atoms with Crippen molar-refractivity contribution in [1.82, 2.24) is 15.5 Å². The van der Waals surface area contributed by atoms with Gasteiger partial charge in [0.15, 0.2) is 0 Å². The first-order valence-corrected chi connectivity index (χ1v) is 5.85. The number of nitrogens with zero attached hydrogens (tertiary/aromatic N) is 1. The van der Waals surface area contributed by atoms with Gasteiger partial charge in [0.2, 0.25) is 0 Å². The van der Waals surface area contributed by atoms with Crippen LogP contribution in [0.15, 0.2) is 36.5 Å². The number of nitrogens with two attached hydrogens (primary N) is 1. The minimum Gasteiger partial charge on any atom is -0.346 e. The summed E-state index contributed by atoms with van der Waals surface area (Å²) in [7, 11) is 0. The van der Waals surface area contributed by atoms with Gasteiger partial charge in [-0.3, -0.25) is 9.89 Å². The van der Waals surface area contributed by atoms with E-state index in [0.29, 0.717) is 18.7 Å². The first-order chi connectivity index (χ1) is 8.79. The molecular formula is C13H16N4O. The number of carbonyl (C=O) groups excluding carboxylic acids is 1. The fourth-order valence-electron chi connectivity index (χ4n) is 1.65. The highest BCUT2D eigenvalue weighted by molar-refractivity contribution is 5.94. The lowest BCUT2D eigenvalue weighted by molar-refractivity contribution is 0.0950. The van der Waals surface area contributed by atoms with Gasteiger partial charge in [0.05, 0.1) is 12.2 Å². The molecule has 0 saturated heterocycles. The van der Waals surface area contributed by atoms with Crippen molar-refractivity contribution in [3.63, 3.8) is 0 Å². The van der Waals surface area contributed by atoms with Crippen molar-refractivity contribution in [3.8, 4) is 0 Å². The molecule has 0 aliphatic carbocycles. The molecule has 2 aromatic rings. The van der Waals surface area contributed by atoms with E-state index in [1.807, 2.05) is 30.3 Å². The molecule has 5 nitrogen and oxygen atoms in total. The zero-order chi connectivity index (χ0) is 12.8. The summed E-state index contributed by atoms with van der Waals surface area (Å²) in [6.45, 7) is 1.06. The smallest absolute Gasteiger partial charge is 0.251 e. The van der Waals surface area contributed by atoms with Gasteiger partial charge in [-0.2, -0.15) is 5.10 Å². The quantitative estimate of drug-likeness (QED) is 0.728. The molecule has 94 valence electrons. The lowest BCUT2D eigenvalue weighted by Gasteiger charge is -2.04. The standard InChI is InChI=1S/C13H16N4O/c14-7-5-10-1-3-11(4-2-10)13(18)15-9-12-6-8-16-17-12/h1-4,6,8H,5,7,9,14H2,(H,15,18)(H,16,17). The number of carbonyl (C=O) groups is 1. The van der Waals surface area contributed by atoms with Crippen LogP contribution in [0.3, 0.4) is 0 Å². The number of benzene rings is 1. The number of hydrogen-bond donors (Lipinski definition) is 3. The summed E-state index contributed by atoms with van der Waals surface area (Å²) in [6, 6.07) is 9.31. The van der Waals surface area contributed by atoms with Crippen LogP contribution in [0, 0.1) is 0 Å². The zero-order valence-electron chi connectivity index (χ0n) is 10.0. The van der Waals surface area contributed by atoms with Crippen LogP contribution in [0.2, 0.25) is 0 Å². The molecule has 1 aromatic carbocycles. The fraction of sp³-hybridized carbons (Fsp3) is 0.231. The number of aromatic amines is 1. The number of amides is 1. The molecule has 0 bridgehead atoms. The average molecular weight is 244 g/mol. The Hall–Kier alpha value is -2.14. The van der Waals surface area contributed by atoms with Crippen LogP contribution in [0.25, 0.3) is 0 Å². The molecule has 1 aromatic heterocycles. The van der Waals surface area contributed by atoms with Crippen LogP contribution >= 0.6 is 0 Å². The van der Waals surface area contributed by atoms with E-state index in [-0.39, 0.29) is 5.91 Å². The maximum Gasteiger partial charge on any atom is 0.251 e. The van der Waals surface area contributed by atoms with Crippen LogP contribution < -0.4 is 11.1 Å². The Balaban J connectivity index is 1.92. The van der Waals surface area contributed by atoms with Crippen molar-refractivity contribution in [2.45, 2.75) is 13.0 Å². The minimum atomic E-state index is -0.0936. The molecule has 0 fully saturated rings. The molecule has 1 amide bonds. The second kappa shape index (κ2) is 5.97. The summed E-state index contributed by atoms with van der Waals surface area (Å²) in [6.07, 6.45) is 2.49. The number of H-pyrrole nitrogens is 1. The fourth-order valence-corrected chi connectivity index (χ4v) is 1.65. The van der Waals surface area contributed by atoms with E-state index in [1.54, 1.807) is 6.20 Å². The highest BCUT2D eigenvalue weighted by atomic mass is 16.1. The predicted molar refractivity (Wildman–Crippen MR) is 69.0 cm³/mol. The molecule has 1 heterocycles. The van der Waals surface area contributed by atoms with Crippen molar-refractivity contribution < 1.29 is 4.79 Å².